The van der Waals surface area contributed by atoms with Gasteiger partial charge in [-0.1, -0.05) is 35.4 Å². The van der Waals surface area contributed by atoms with Crippen molar-refractivity contribution < 1.29 is 9.84 Å². The maximum atomic E-state index is 10.7. The van der Waals surface area contributed by atoms with E-state index < -0.39 is 6.10 Å². The van der Waals surface area contributed by atoms with Crippen LogP contribution in [0.3, 0.4) is 0 Å². The van der Waals surface area contributed by atoms with Gasteiger partial charge in [-0.15, -0.1) is 0 Å². The maximum absolute atomic E-state index is 10.7. The predicted molar refractivity (Wildman–Crippen MR) is 82.7 cm³/mol. The Hall–Kier alpha value is -1.51. The summed E-state index contributed by atoms with van der Waals surface area (Å²) in [5, 5.41) is 11.2. The highest BCUT2D eigenvalue weighted by Gasteiger charge is 2.18. The van der Waals surface area contributed by atoms with E-state index >= 15 is 0 Å². The highest BCUT2D eigenvalue weighted by Crippen LogP contribution is 2.34. The van der Waals surface area contributed by atoms with Crippen molar-refractivity contribution in [1.29, 1.82) is 0 Å². The third-order valence-corrected chi connectivity index (χ3v) is 3.84. The summed E-state index contributed by atoms with van der Waals surface area (Å²) in [5.74, 6) is 0.684. The normalized spacial score (nSPS) is 12.3. The van der Waals surface area contributed by atoms with E-state index in [9.17, 15) is 5.11 Å². The fourth-order valence-electron chi connectivity index (χ4n) is 2.63. The van der Waals surface area contributed by atoms with Crippen molar-refractivity contribution in [1.82, 2.24) is 0 Å². The lowest BCUT2D eigenvalue weighted by Gasteiger charge is -2.19. The molecule has 0 aliphatic carbocycles. The molecule has 1 unspecified atom stereocenters. The van der Waals surface area contributed by atoms with Gasteiger partial charge in [0.2, 0.25) is 0 Å². The highest BCUT2D eigenvalue weighted by atomic mass is 35.5. The Balaban J connectivity index is 2.49. The van der Waals surface area contributed by atoms with E-state index in [1.165, 1.54) is 5.56 Å². The molecule has 2 nitrogen and oxygen atoms in total. The zero-order chi connectivity index (χ0) is 14.9. The smallest absolute Gasteiger partial charge is 0.120 e. The number of halogens is 1. The zero-order valence-electron chi connectivity index (χ0n) is 12.2. The van der Waals surface area contributed by atoms with E-state index in [2.05, 4.69) is 19.1 Å². The van der Waals surface area contributed by atoms with Gasteiger partial charge in [0.1, 0.15) is 11.9 Å². The SMILES string of the molecule is COc1ccc(C(O)c2c(C)cc(C)cc2C)c(Cl)c1. The molecule has 2 aromatic carbocycles. The summed E-state index contributed by atoms with van der Waals surface area (Å²) < 4.78 is 5.13. The molecule has 3 heteroatoms. The molecule has 0 amide bonds. The van der Waals surface area contributed by atoms with Gasteiger partial charge in [-0.25, -0.2) is 0 Å². The van der Waals surface area contributed by atoms with E-state index in [1.807, 2.05) is 26.0 Å². The van der Waals surface area contributed by atoms with Crippen LogP contribution in [0.4, 0.5) is 0 Å². The molecule has 2 rings (SSSR count). The van der Waals surface area contributed by atoms with Gasteiger partial charge in [-0.05, 0) is 49.6 Å². The number of aryl methyl sites for hydroxylation is 3. The molecule has 106 valence electrons. The fourth-order valence-corrected chi connectivity index (χ4v) is 2.91. The first kappa shape index (κ1) is 14.9. The van der Waals surface area contributed by atoms with Gasteiger partial charge in [0.15, 0.2) is 0 Å². The van der Waals surface area contributed by atoms with Crippen molar-refractivity contribution >= 4 is 11.6 Å². The second kappa shape index (κ2) is 5.86. The molecule has 20 heavy (non-hydrogen) atoms. The minimum atomic E-state index is -0.728. The molecule has 0 heterocycles. The second-order valence-corrected chi connectivity index (χ2v) is 5.51. The molecule has 0 aliphatic rings. The first-order chi connectivity index (χ1) is 9.43. The van der Waals surface area contributed by atoms with Crippen molar-refractivity contribution in [3.8, 4) is 5.75 Å². The van der Waals surface area contributed by atoms with Gasteiger partial charge in [-0.3, -0.25) is 0 Å². The lowest BCUT2D eigenvalue weighted by molar-refractivity contribution is 0.218. The Kier molecular flexibility index (Phi) is 4.36. The number of benzene rings is 2. The van der Waals surface area contributed by atoms with Crippen LogP contribution in [0.1, 0.15) is 33.9 Å². The van der Waals surface area contributed by atoms with Crippen LogP contribution < -0.4 is 4.74 Å². The topological polar surface area (TPSA) is 29.5 Å². The van der Waals surface area contributed by atoms with E-state index in [0.717, 1.165) is 16.7 Å². The van der Waals surface area contributed by atoms with Crippen molar-refractivity contribution in [2.24, 2.45) is 0 Å². The van der Waals surface area contributed by atoms with Crippen molar-refractivity contribution in [3.63, 3.8) is 0 Å². The Morgan fingerprint density at radius 1 is 1.05 bits per heavy atom. The van der Waals surface area contributed by atoms with Gasteiger partial charge in [0.05, 0.1) is 12.1 Å². The molecule has 0 aliphatic heterocycles. The van der Waals surface area contributed by atoms with E-state index in [-0.39, 0.29) is 0 Å². The average Bonchev–Trinajstić information content (AvgIpc) is 2.37. The number of hydrogen-bond donors (Lipinski definition) is 1. The molecular formula is C17H19ClO2. The summed E-state index contributed by atoms with van der Waals surface area (Å²) in [6.45, 7) is 6.07. The Bertz CT molecular complexity index is 612. The van der Waals surface area contributed by atoms with Gasteiger partial charge in [0.25, 0.3) is 0 Å². The number of ether oxygens (including phenoxy) is 1. The van der Waals surface area contributed by atoms with E-state index in [4.69, 9.17) is 16.3 Å². The van der Waals surface area contributed by atoms with Gasteiger partial charge >= 0.3 is 0 Å². The summed E-state index contributed by atoms with van der Waals surface area (Å²) in [4.78, 5) is 0. The zero-order valence-corrected chi connectivity index (χ0v) is 13.0. The van der Waals surface area contributed by atoms with Gasteiger partial charge in [0, 0.05) is 5.56 Å². The minimum absolute atomic E-state index is 0.510. The summed E-state index contributed by atoms with van der Waals surface area (Å²) in [6.07, 6.45) is -0.728. The van der Waals surface area contributed by atoms with Crippen LogP contribution in [0.2, 0.25) is 5.02 Å². The van der Waals surface area contributed by atoms with Crippen molar-refractivity contribution in [3.05, 3.63) is 63.2 Å². The summed E-state index contributed by atoms with van der Waals surface area (Å²) >= 11 is 6.25. The van der Waals surface area contributed by atoms with Crippen molar-refractivity contribution in [2.75, 3.05) is 7.11 Å². The van der Waals surface area contributed by atoms with Gasteiger partial charge in [-0.2, -0.15) is 0 Å². The number of hydrogen-bond acceptors (Lipinski definition) is 2. The van der Waals surface area contributed by atoms with Crippen LogP contribution in [-0.4, -0.2) is 12.2 Å². The van der Waals surface area contributed by atoms with Crippen LogP contribution >= 0.6 is 11.6 Å². The Morgan fingerprint density at radius 2 is 1.65 bits per heavy atom. The molecule has 0 radical (unpaired) electrons. The van der Waals surface area contributed by atoms with Gasteiger partial charge < -0.3 is 9.84 Å². The molecule has 0 spiro atoms. The summed E-state index contributed by atoms with van der Waals surface area (Å²) in [5.41, 5.74) is 4.95. The molecule has 0 saturated carbocycles. The first-order valence-corrected chi connectivity index (χ1v) is 6.91. The minimum Gasteiger partial charge on any atom is -0.497 e. The molecule has 0 bridgehead atoms. The standard InChI is InChI=1S/C17H19ClO2/c1-10-7-11(2)16(12(3)8-10)17(19)14-6-5-13(20-4)9-15(14)18/h5-9,17,19H,1-4H3. The monoisotopic (exact) mass is 290 g/mol. The molecule has 1 atom stereocenters. The maximum Gasteiger partial charge on any atom is 0.120 e. The number of rotatable bonds is 3. The summed E-state index contributed by atoms with van der Waals surface area (Å²) in [7, 11) is 1.59. The molecular weight excluding hydrogens is 272 g/mol. The molecule has 2 aromatic rings. The first-order valence-electron chi connectivity index (χ1n) is 6.53. The van der Waals surface area contributed by atoms with Crippen LogP contribution in [0, 0.1) is 20.8 Å². The predicted octanol–water partition coefficient (Wildman–Crippen LogP) is 4.36. The number of methoxy groups -OCH3 is 1. The third-order valence-electron chi connectivity index (χ3n) is 3.51. The largest absolute Gasteiger partial charge is 0.497 e. The Morgan fingerprint density at radius 3 is 2.15 bits per heavy atom. The van der Waals surface area contributed by atoms with E-state index in [1.54, 1.807) is 13.2 Å². The van der Waals surface area contributed by atoms with Crippen LogP contribution in [0.15, 0.2) is 30.3 Å². The average molecular weight is 291 g/mol. The second-order valence-electron chi connectivity index (χ2n) is 5.10. The molecule has 0 fully saturated rings. The van der Waals surface area contributed by atoms with Crippen molar-refractivity contribution in [2.45, 2.75) is 26.9 Å². The fraction of sp³-hybridized carbons (Fsp3) is 0.294. The quantitative estimate of drug-likeness (QED) is 0.910. The number of aliphatic hydroxyl groups excluding tert-OH is 1. The van der Waals surface area contributed by atoms with E-state index in [0.29, 0.717) is 16.3 Å². The molecule has 0 aromatic heterocycles. The third kappa shape index (κ3) is 2.82. The van der Waals surface area contributed by atoms with Crippen LogP contribution in [0.25, 0.3) is 0 Å². The number of aliphatic hydroxyl groups is 1. The van der Waals surface area contributed by atoms with Crippen LogP contribution in [-0.2, 0) is 0 Å². The molecule has 0 saturated heterocycles. The Labute approximate surface area is 125 Å². The van der Waals surface area contributed by atoms with Crippen LogP contribution in [0.5, 0.6) is 5.75 Å². The molecule has 1 N–H and O–H groups in total. The summed E-state index contributed by atoms with van der Waals surface area (Å²) in [6, 6.07) is 9.48. The highest BCUT2D eigenvalue weighted by molar-refractivity contribution is 6.31. The lowest BCUT2D eigenvalue weighted by Crippen LogP contribution is -2.06. The lowest BCUT2D eigenvalue weighted by atomic mass is 9.92.